The Bertz CT molecular complexity index is 248. The molecule has 0 saturated heterocycles. The molecule has 118 valence electrons. The molecule has 0 aromatic carbocycles. The molecule has 2 heteroatoms. The molecule has 0 heterocycles. The first-order valence-electron chi connectivity index (χ1n) is 8.98. The first kappa shape index (κ1) is 16.2. The quantitative estimate of drug-likeness (QED) is 0.492. The summed E-state index contributed by atoms with van der Waals surface area (Å²) in [6, 6.07) is 0. The van der Waals surface area contributed by atoms with Crippen molar-refractivity contribution in [1.29, 1.82) is 0 Å². The van der Waals surface area contributed by atoms with Crippen molar-refractivity contribution in [2.24, 2.45) is 23.7 Å². The van der Waals surface area contributed by atoms with Gasteiger partial charge in [-0.3, -0.25) is 0 Å². The molecule has 0 radical (unpaired) electrons. The maximum Gasteiger partial charge on any atom is 0.241 e. The molecule has 2 aliphatic rings. The molecule has 0 bridgehead atoms. The second kappa shape index (κ2) is 8.34. The molecule has 0 aliphatic heterocycles. The fraction of sp³-hybridized carbons (Fsp3) is 1.00. The topological polar surface area (TPSA) is 0 Å². The Kier molecular flexibility index (Phi) is 6.77. The van der Waals surface area contributed by atoms with E-state index < -0.39 is 6.43 Å². The van der Waals surface area contributed by atoms with Crippen molar-refractivity contribution in [2.75, 3.05) is 0 Å². The van der Waals surface area contributed by atoms with E-state index in [1.807, 2.05) is 0 Å². The van der Waals surface area contributed by atoms with E-state index in [9.17, 15) is 8.78 Å². The van der Waals surface area contributed by atoms with E-state index in [1.54, 1.807) is 0 Å². The summed E-state index contributed by atoms with van der Waals surface area (Å²) < 4.78 is 25.4. The molecular weight excluding hydrogens is 254 g/mol. The van der Waals surface area contributed by atoms with Gasteiger partial charge in [-0.15, -0.1) is 0 Å². The summed E-state index contributed by atoms with van der Waals surface area (Å²) >= 11 is 0. The lowest BCUT2D eigenvalue weighted by Gasteiger charge is -2.37. The molecular formula is C18H32F2. The van der Waals surface area contributed by atoms with Gasteiger partial charge in [0.05, 0.1) is 0 Å². The van der Waals surface area contributed by atoms with Crippen LogP contribution < -0.4 is 0 Å². The van der Waals surface area contributed by atoms with E-state index in [-0.39, 0.29) is 5.92 Å². The number of rotatable bonds is 6. The minimum atomic E-state index is -2.08. The van der Waals surface area contributed by atoms with Gasteiger partial charge in [-0.05, 0) is 56.3 Å². The van der Waals surface area contributed by atoms with Crippen LogP contribution in [0, 0.1) is 23.7 Å². The van der Waals surface area contributed by atoms with Gasteiger partial charge in [0.25, 0.3) is 0 Å². The smallest absolute Gasteiger partial charge is 0.210 e. The van der Waals surface area contributed by atoms with Crippen LogP contribution in [0.3, 0.4) is 0 Å². The van der Waals surface area contributed by atoms with Crippen LogP contribution in [0.15, 0.2) is 0 Å². The van der Waals surface area contributed by atoms with Gasteiger partial charge in [-0.25, -0.2) is 8.78 Å². The van der Waals surface area contributed by atoms with Gasteiger partial charge in [-0.1, -0.05) is 45.4 Å². The molecule has 20 heavy (non-hydrogen) atoms. The van der Waals surface area contributed by atoms with Crippen molar-refractivity contribution in [1.82, 2.24) is 0 Å². The van der Waals surface area contributed by atoms with Crippen LogP contribution in [0.5, 0.6) is 0 Å². The Balaban J connectivity index is 1.64. The van der Waals surface area contributed by atoms with Crippen LogP contribution >= 0.6 is 0 Å². The SMILES string of the molecule is CCCCCC1CCC(C2CCC(C(F)F)CC2)CC1. The number of alkyl halides is 2. The molecule has 0 nitrogen and oxygen atoms in total. The van der Waals surface area contributed by atoms with Crippen LogP contribution in [0.4, 0.5) is 8.78 Å². The summed E-state index contributed by atoms with van der Waals surface area (Å²) in [7, 11) is 0. The third kappa shape index (κ3) is 4.70. The minimum absolute atomic E-state index is 0.295. The summed E-state index contributed by atoms with van der Waals surface area (Å²) in [5.41, 5.74) is 0. The van der Waals surface area contributed by atoms with Crippen LogP contribution in [0.2, 0.25) is 0 Å². The van der Waals surface area contributed by atoms with Gasteiger partial charge in [0, 0.05) is 5.92 Å². The lowest BCUT2D eigenvalue weighted by molar-refractivity contribution is 0.0339. The molecule has 0 N–H and O–H groups in total. The average molecular weight is 286 g/mol. The lowest BCUT2D eigenvalue weighted by Crippen LogP contribution is -2.27. The first-order chi connectivity index (χ1) is 9.70. The van der Waals surface area contributed by atoms with Crippen LogP contribution in [0.25, 0.3) is 0 Å². The molecule has 0 spiro atoms. The van der Waals surface area contributed by atoms with Gasteiger partial charge in [0.1, 0.15) is 0 Å². The normalized spacial score (nSPS) is 35.4. The molecule has 0 atom stereocenters. The third-order valence-corrected chi connectivity index (χ3v) is 5.95. The monoisotopic (exact) mass is 286 g/mol. The minimum Gasteiger partial charge on any atom is -0.210 e. The predicted molar refractivity (Wildman–Crippen MR) is 81.0 cm³/mol. The third-order valence-electron chi connectivity index (χ3n) is 5.95. The average Bonchev–Trinajstić information content (AvgIpc) is 2.48. The van der Waals surface area contributed by atoms with E-state index >= 15 is 0 Å². The Morgan fingerprint density at radius 1 is 0.800 bits per heavy atom. The Labute approximate surface area is 123 Å². The number of hydrogen-bond donors (Lipinski definition) is 0. The second-order valence-corrected chi connectivity index (χ2v) is 7.29. The fourth-order valence-electron chi connectivity index (χ4n) is 4.50. The van der Waals surface area contributed by atoms with Crippen molar-refractivity contribution in [3.8, 4) is 0 Å². The highest BCUT2D eigenvalue weighted by Gasteiger charge is 2.33. The van der Waals surface area contributed by atoms with Gasteiger partial charge in [-0.2, -0.15) is 0 Å². The van der Waals surface area contributed by atoms with Crippen molar-refractivity contribution in [3.63, 3.8) is 0 Å². The highest BCUT2D eigenvalue weighted by Crippen LogP contribution is 2.43. The summed E-state index contributed by atoms with van der Waals surface area (Å²) in [5.74, 6) is 2.30. The van der Waals surface area contributed by atoms with Gasteiger partial charge in [0.2, 0.25) is 6.43 Å². The largest absolute Gasteiger partial charge is 0.241 e. The predicted octanol–water partition coefficient (Wildman–Crippen LogP) is 6.44. The number of halogens is 2. The zero-order valence-corrected chi connectivity index (χ0v) is 13.1. The Morgan fingerprint density at radius 2 is 1.35 bits per heavy atom. The Morgan fingerprint density at radius 3 is 1.85 bits per heavy atom. The summed E-state index contributed by atoms with van der Waals surface area (Å²) in [4.78, 5) is 0. The molecule has 2 fully saturated rings. The van der Waals surface area contributed by atoms with Crippen molar-refractivity contribution in [2.45, 2.75) is 90.4 Å². The van der Waals surface area contributed by atoms with E-state index in [4.69, 9.17) is 0 Å². The number of hydrogen-bond acceptors (Lipinski definition) is 0. The van der Waals surface area contributed by atoms with E-state index in [0.29, 0.717) is 0 Å². The molecule has 0 aromatic rings. The fourth-order valence-corrected chi connectivity index (χ4v) is 4.50. The van der Waals surface area contributed by atoms with E-state index in [1.165, 1.54) is 51.4 Å². The van der Waals surface area contributed by atoms with E-state index in [0.717, 1.165) is 43.4 Å². The molecule has 2 rings (SSSR count). The maximum absolute atomic E-state index is 12.7. The first-order valence-corrected chi connectivity index (χ1v) is 8.98. The van der Waals surface area contributed by atoms with Crippen LogP contribution in [-0.2, 0) is 0 Å². The van der Waals surface area contributed by atoms with Crippen molar-refractivity contribution >= 4 is 0 Å². The maximum atomic E-state index is 12.7. The summed E-state index contributed by atoms with van der Waals surface area (Å²) in [5, 5.41) is 0. The van der Waals surface area contributed by atoms with Gasteiger partial charge in [0.15, 0.2) is 0 Å². The zero-order chi connectivity index (χ0) is 14.4. The highest BCUT2D eigenvalue weighted by atomic mass is 19.3. The highest BCUT2D eigenvalue weighted by molar-refractivity contribution is 4.82. The molecule has 0 unspecified atom stereocenters. The Hall–Kier alpha value is -0.140. The zero-order valence-electron chi connectivity index (χ0n) is 13.1. The summed E-state index contributed by atoms with van der Waals surface area (Å²) in [6.07, 6.45) is 12.7. The lowest BCUT2D eigenvalue weighted by atomic mass is 9.68. The molecule has 2 saturated carbocycles. The van der Waals surface area contributed by atoms with Gasteiger partial charge >= 0.3 is 0 Å². The molecule has 0 aromatic heterocycles. The standard InChI is InChI=1S/C18H32F2/c1-2-3-4-5-14-6-8-15(9-7-14)16-10-12-17(13-11-16)18(19)20/h14-18H,2-13H2,1H3. The van der Waals surface area contributed by atoms with Crippen LogP contribution in [0.1, 0.15) is 84.0 Å². The molecule has 2 aliphatic carbocycles. The number of unbranched alkanes of at least 4 members (excludes halogenated alkanes) is 2. The van der Waals surface area contributed by atoms with Crippen molar-refractivity contribution < 1.29 is 8.78 Å². The summed E-state index contributed by atoms with van der Waals surface area (Å²) in [6.45, 7) is 2.27. The molecule has 0 amide bonds. The van der Waals surface area contributed by atoms with Crippen molar-refractivity contribution in [3.05, 3.63) is 0 Å². The second-order valence-electron chi connectivity index (χ2n) is 7.29. The van der Waals surface area contributed by atoms with Gasteiger partial charge < -0.3 is 0 Å². The van der Waals surface area contributed by atoms with E-state index in [2.05, 4.69) is 6.92 Å². The van der Waals surface area contributed by atoms with Crippen LogP contribution in [-0.4, -0.2) is 6.43 Å².